The summed E-state index contributed by atoms with van der Waals surface area (Å²) in [6.07, 6.45) is 1.58. The highest BCUT2D eigenvalue weighted by Crippen LogP contribution is 2.29. The molecule has 0 spiro atoms. The van der Waals surface area contributed by atoms with Crippen LogP contribution in [-0.4, -0.2) is 6.17 Å². The first-order chi connectivity index (χ1) is 6.25. The molecule has 0 bridgehead atoms. The van der Waals surface area contributed by atoms with Crippen molar-refractivity contribution < 1.29 is 0 Å². The molecule has 2 rings (SSSR count). The minimum Gasteiger partial charge on any atom is -0.364 e. The molecule has 0 aliphatic carbocycles. The third-order valence-corrected chi connectivity index (χ3v) is 2.29. The molecule has 1 aromatic carbocycles. The van der Waals surface area contributed by atoms with Crippen molar-refractivity contribution in [2.45, 2.75) is 26.4 Å². The van der Waals surface area contributed by atoms with Gasteiger partial charge in [0, 0.05) is 0 Å². The second-order valence-corrected chi connectivity index (χ2v) is 4.02. The summed E-state index contributed by atoms with van der Waals surface area (Å²) in [5.41, 5.74) is 2.46. The van der Waals surface area contributed by atoms with Crippen molar-refractivity contribution in [3.8, 4) is 0 Å². The summed E-state index contributed by atoms with van der Waals surface area (Å²) >= 11 is 0. The van der Waals surface area contributed by atoms with E-state index in [4.69, 9.17) is 0 Å². The zero-order valence-corrected chi connectivity index (χ0v) is 8.17. The number of fused-ring (bicyclic) bond motifs is 1. The molecule has 2 nitrogen and oxygen atoms in total. The zero-order valence-electron chi connectivity index (χ0n) is 8.17. The first kappa shape index (κ1) is 8.42. The number of benzene rings is 1. The second kappa shape index (κ2) is 3.29. The number of nitrogens with one attached hydrogen (secondary N) is 2. The van der Waals surface area contributed by atoms with E-state index in [0.29, 0.717) is 6.17 Å². The molecule has 0 saturated heterocycles. The van der Waals surface area contributed by atoms with Crippen LogP contribution in [0, 0.1) is 5.92 Å². The maximum Gasteiger partial charge on any atom is 0.0967 e. The first-order valence-electron chi connectivity index (χ1n) is 4.88. The van der Waals surface area contributed by atoms with Crippen LogP contribution in [0.4, 0.5) is 11.4 Å². The van der Waals surface area contributed by atoms with Crippen LogP contribution in [0.2, 0.25) is 0 Å². The van der Waals surface area contributed by atoms with Crippen LogP contribution in [0.15, 0.2) is 24.3 Å². The number of para-hydroxylation sites is 2. The molecular weight excluding hydrogens is 160 g/mol. The molecule has 13 heavy (non-hydrogen) atoms. The molecule has 1 aliphatic heterocycles. The van der Waals surface area contributed by atoms with Gasteiger partial charge in [-0.2, -0.15) is 0 Å². The van der Waals surface area contributed by atoms with E-state index in [1.54, 1.807) is 0 Å². The Morgan fingerprint density at radius 1 is 1.15 bits per heavy atom. The third kappa shape index (κ3) is 1.77. The number of rotatable bonds is 2. The first-order valence-corrected chi connectivity index (χ1v) is 4.88. The van der Waals surface area contributed by atoms with Crippen molar-refractivity contribution in [1.82, 2.24) is 0 Å². The molecule has 0 fully saturated rings. The van der Waals surface area contributed by atoms with E-state index in [-0.39, 0.29) is 0 Å². The van der Waals surface area contributed by atoms with Crippen LogP contribution in [0.5, 0.6) is 0 Å². The molecule has 2 N–H and O–H groups in total. The summed E-state index contributed by atoms with van der Waals surface area (Å²) in [6, 6.07) is 8.35. The van der Waals surface area contributed by atoms with Gasteiger partial charge in [0.25, 0.3) is 0 Å². The highest BCUT2D eigenvalue weighted by Gasteiger charge is 2.18. The van der Waals surface area contributed by atoms with Crippen molar-refractivity contribution in [3.05, 3.63) is 24.3 Å². The fourth-order valence-electron chi connectivity index (χ4n) is 1.74. The Labute approximate surface area is 79.4 Å². The van der Waals surface area contributed by atoms with E-state index in [1.807, 2.05) is 0 Å². The topological polar surface area (TPSA) is 24.1 Å². The summed E-state index contributed by atoms with van der Waals surface area (Å²) in [7, 11) is 0. The fraction of sp³-hybridized carbons (Fsp3) is 0.455. The van der Waals surface area contributed by atoms with Crippen LogP contribution in [-0.2, 0) is 0 Å². The molecule has 70 valence electrons. The molecule has 0 radical (unpaired) electrons. The van der Waals surface area contributed by atoms with Gasteiger partial charge in [0.1, 0.15) is 0 Å². The van der Waals surface area contributed by atoms with Crippen molar-refractivity contribution >= 4 is 11.4 Å². The predicted octanol–water partition coefficient (Wildman–Crippen LogP) is 2.90. The Balaban J connectivity index is 2.05. The molecular formula is C11H16N2. The summed E-state index contributed by atoms with van der Waals surface area (Å²) in [4.78, 5) is 0. The lowest BCUT2D eigenvalue weighted by molar-refractivity contribution is 0.552. The summed E-state index contributed by atoms with van der Waals surface area (Å²) < 4.78 is 0. The summed E-state index contributed by atoms with van der Waals surface area (Å²) in [5.74, 6) is 0.722. The molecule has 0 saturated carbocycles. The normalized spacial score (nSPS) is 15.3. The highest BCUT2D eigenvalue weighted by atomic mass is 15.2. The summed E-state index contributed by atoms with van der Waals surface area (Å²) in [6.45, 7) is 4.48. The van der Waals surface area contributed by atoms with E-state index in [2.05, 4.69) is 48.7 Å². The molecule has 0 atom stereocenters. The molecule has 0 unspecified atom stereocenters. The van der Waals surface area contributed by atoms with Gasteiger partial charge >= 0.3 is 0 Å². The average Bonchev–Trinajstić information content (AvgIpc) is 2.44. The Hall–Kier alpha value is -1.18. The maximum atomic E-state index is 3.45. The Kier molecular flexibility index (Phi) is 2.13. The lowest BCUT2D eigenvalue weighted by atomic mass is 10.1. The highest BCUT2D eigenvalue weighted by molar-refractivity contribution is 5.74. The van der Waals surface area contributed by atoms with E-state index in [9.17, 15) is 0 Å². The zero-order chi connectivity index (χ0) is 9.26. The van der Waals surface area contributed by atoms with Crippen LogP contribution < -0.4 is 10.6 Å². The van der Waals surface area contributed by atoms with Gasteiger partial charge in [-0.25, -0.2) is 0 Å². The van der Waals surface area contributed by atoms with Gasteiger partial charge in [0.15, 0.2) is 0 Å². The Morgan fingerprint density at radius 2 is 1.69 bits per heavy atom. The monoisotopic (exact) mass is 176 g/mol. The molecule has 0 amide bonds. The lowest BCUT2D eigenvalue weighted by Gasteiger charge is -2.14. The van der Waals surface area contributed by atoms with Crippen molar-refractivity contribution in [1.29, 1.82) is 0 Å². The standard InChI is InChI=1S/C11H16N2/c1-8(2)7-11-12-9-5-3-4-6-10(9)13-11/h3-6,8,11-13H,7H2,1-2H3. The van der Waals surface area contributed by atoms with Crippen LogP contribution in [0.25, 0.3) is 0 Å². The van der Waals surface area contributed by atoms with Crippen molar-refractivity contribution in [2.75, 3.05) is 10.6 Å². The summed E-state index contributed by atoms with van der Waals surface area (Å²) in [5, 5.41) is 6.91. The minimum atomic E-state index is 0.414. The number of hydrogen-bond acceptors (Lipinski definition) is 2. The van der Waals surface area contributed by atoms with Gasteiger partial charge in [-0.05, 0) is 24.5 Å². The number of anilines is 2. The average molecular weight is 176 g/mol. The maximum absolute atomic E-state index is 3.45. The van der Waals surface area contributed by atoms with Crippen LogP contribution >= 0.6 is 0 Å². The van der Waals surface area contributed by atoms with E-state index in [1.165, 1.54) is 11.4 Å². The predicted molar refractivity (Wildman–Crippen MR) is 56.9 cm³/mol. The minimum absolute atomic E-state index is 0.414. The molecule has 0 aromatic heterocycles. The quantitative estimate of drug-likeness (QED) is 0.724. The van der Waals surface area contributed by atoms with Crippen molar-refractivity contribution in [2.24, 2.45) is 5.92 Å². The third-order valence-electron chi connectivity index (χ3n) is 2.29. The number of hydrogen-bond donors (Lipinski definition) is 2. The van der Waals surface area contributed by atoms with Gasteiger partial charge in [-0.1, -0.05) is 26.0 Å². The van der Waals surface area contributed by atoms with E-state index >= 15 is 0 Å². The molecule has 1 aliphatic rings. The smallest absolute Gasteiger partial charge is 0.0967 e. The van der Waals surface area contributed by atoms with Gasteiger partial charge < -0.3 is 10.6 Å². The Bertz CT molecular complexity index is 269. The largest absolute Gasteiger partial charge is 0.364 e. The van der Waals surface area contributed by atoms with Crippen molar-refractivity contribution in [3.63, 3.8) is 0 Å². The van der Waals surface area contributed by atoms with Gasteiger partial charge in [0.2, 0.25) is 0 Å². The van der Waals surface area contributed by atoms with E-state index < -0.39 is 0 Å². The van der Waals surface area contributed by atoms with Crippen LogP contribution in [0.3, 0.4) is 0 Å². The van der Waals surface area contributed by atoms with Gasteiger partial charge in [-0.3, -0.25) is 0 Å². The Morgan fingerprint density at radius 3 is 2.15 bits per heavy atom. The van der Waals surface area contributed by atoms with Crippen LogP contribution in [0.1, 0.15) is 20.3 Å². The van der Waals surface area contributed by atoms with E-state index in [0.717, 1.165) is 12.3 Å². The SMILES string of the molecule is CC(C)CC1Nc2ccccc2N1. The second-order valence-electron chi connectivity index (χ2n) is 4.02. The fourth-order valence-corrected chi connectivity index (χ4v) is 1.74. The molecule has 1 aromatic rings. The van der Waals surface area contributed by atoms with Gasteiger partial charge in [-0.15, -0.1) is 0 Å². The lowest BCUT2D eigenvalue weighted by Crippen LogP contribution is -2.23. The molecule has 2 heteroatoms. The molecule has 1 heterocycles. The van der Waals surface area contributed by atoms with Gasteiger partial charge in [0.05, 0.1) is 17.5 Å².